The number of H-pyrrole nitrogens is 1. The second kappa shape index (κ2) is 2.74. The van der Waals surface area contributed by atoms with Crippen LogP contribution < -0.4 is 11.1 Å². The lowest BCUT2D eigenvalue weighted by molar-refractivity contribution is 0.955. The van der Waals surface area contributed by atoms with Gasteiger partial charge in [-0.2, -0.15) is 4.98 Å². The minimum atomic E-state index is -1.54. The highest BCUT2D eigenvalue weighted by atomic mass is 28.3. The highest BCUT2D eigenvalue weighted by Gasteiger charge is 2.23. The Labute approximate surface area is 82.0 Å². The summed E-state index contributed by atoms with van der Waals surface area (Å²) < 4.78 is 0. The first-order chi connectivity index (χ1) is 6.48. The maximum atomic E-state index is 5.60. The molecule has 3 N–H and O–H groups in total. The Morgan fingerprint density at radius 1 is 1.21 bits per heavy atom. The number of anilines is 1. The van der Waals surface area contributed by atoms with Crippen molar-refractivity contribution in [3.05, 3.63) is 0 Å². The van der Waals surface area contributed by atoms with Crippen LogP contribution in [0.2, 0.25) is 19.6 Å². The molecule has 0 saturated carbocycles. The van der Waals surface area contributed by atoms with Crippen molar-refractivity contribution < 1.29 is 0 Å². The maximum absolute atomic E-state index is 5.60. The van der Waals surface area contributed by atoms with E-state index in [1.165, 1.54) is 0 Å². The summed E-state index contributed by atoms with van der Waals surface area (Å²) in [6.07, 6.45) is 0. The first kappa shape index (κ1) is 9.07. The van der Waals surface area contributed by atoms with Gasteiger partial charge in [-0.3, -0.25) is 5.10 Å². The van der Waals surface area contributed by atoms with E-state index in [1.807, 2.05) is 0 Å². The number of fused-ring (bicyclic) bond motifs is 1. The van der Waals surface area contributed by atoms with Gasteiger partial charge < -0.3 is 5.73 Å². The minimum Gasteiger partial charge on any atom is -0.368 e. The Bertz CT molecular complexity index is 470. The summed E-state index contributed by atoms with van der Waals surface area (Å²) in [6.45, 7) is 6.57. The molecule has 6 nitrogen and oxygen atoms in total. The first-order valence-electron chi connectivity index (χ1n) is 4.33. The van der Waals surface area contributed by atoms with E-state index >= 15 is 0 Å². The van der Waals surface area contributed by atoms with Gasteiger partial charge in [-0.15, -0.1) is 5.10 Å². The molecule has 0 amide bonds. The molecule has 0 saturated heterocycles. The van der Waals surface area contributed by atoms with Crippen molar-refractivity contribution in [1.82, 2.24) is 25.4 Å². The fourth-order valence-corrected chi connectivity index (χ4v) is 2.67. The average Bonchev–Trinajstić information content (AvgIpc) is 2.47. The minimum absolute atomic E-state index is 0.267. The molecule has 2 aromatic heterocycles. The molecule has 2 rings (SSSR count). The van der Waals surface area contributed by atoms with Crippen molar-refractivity contribution in [2.45, 2.75) is 19.6 Å². The Kier molecular flexibility index (Phi) is 1.78. The Balaban J connectivity index is 2.80. The molecule has 2 aromatic rings. The number of hydrogen-bond donors (Lipinski definition) is 2. The van der Waals surface area contributed by atoms with Crippen molar-refractivity contribution in [3.63, 3.8) is 0 Å². The molecule has 0 spiro atoms. The van der Waals surface area contributed by atoms with Gasteiger partial charge in [0, 0.05) is 0 Å². The summed E-state index contributed by atoms with van der Waals surface area (Å²) in [4.78, 5) is 8.26. The number of hydrogen-bond acceptors (Lipinski definition) is 5. The van der Waals surface area contributed by atoms with Crippen LogP contribution in [0.3, 0.4) is 0 Å². The normalized spacial score (nSPS) is 12.2. The highest BCUT2D eigenvalue weighted by Crippen LogP contribution is 2.08. The zero-order valence-electron chi connectivity index (χ0n) is 8.37. The highest BCUT2D eigenvalue weighted by molar-refractivity contribution is 6.89. The number of nitrogens with zero attached hydrogens (tertiary/aromatic N) is 4. The molecule has 0 radical (unpaired) electrons. The molecular weight excluding hydrogens is 196 g/mol. The second-order valence-corrected chi connectivity index (χ2v) is 9.16. The fraction of sp³-hybridized carbons (Fsp3) is 0.429. The van der Waals surface area contributed by atoms with Crippen LogP contribution in [-0.2, 0) is 0 Å². The van der Waals surface area contributed by atoms with E-state index in [0.717, 1.165) is 10.8 Å². The van der Waals surface area contributed by atoms with Gasteiger partial charge in [0.2, 0.25) is 11.6 Å². The zero-order chi connectivity index (χ0) is 10.3. The van der Waals surface area contributed by atoms with Gasteiger partial charge in [0.1, 0.15) is 13.6 Å². The standard InChI is InChI=1S/C7H12N6Si/c1-14(2,3)6-4-5(12-13-11-4)9-7(8)10-6/h1-3H3,(H3,8,9,10,11,12,13). The summed E-state index contributed by atoms with van der Waals surface area (Å²) in [7, 11) is -1.54. The molecule has 0 unspecified atom stereocenters. The number of aromatic nitrogens is 5. The third-order valence-electron chi connectivity index (χ3n) is 1.92. The molecule has 14 heavy (non-hydrogen) atoms. The largest absolute Gasteiger partial charge is 0.368 e. The van der Waals surface area contributed by atoms with Crippen molar-refractivity contribution in [2.24, 2.45) is 0 Å². The van der Waals surface area contributed by atoms with E-state index < -0.39 is 8.07 Å². The number of nitrogen functional groups attached to an aromatic ring is 1. The Morgan fingerprint density at radius 3 is 2.57 bits per heavy atom. The van der Waals surface area contributed by atoms with Crippen LogP contribution in [0.25, 0.3) is 11.2 Å². The van der Waals surface area contributed by atoms with Crippen molar-refractivity contribution in [1.29, 1.82) is 0 Å². The first-order valence-corrected chi connectivity index (χ1v) is 7.83. The molecule has 0 aliphatic heterocycles. The van der Waals surface area contributed by atoms with Crippen molar-refractivity contribution >= 4 is 30.5 Å². The molecule has 74 valence electrons. The quantitative estimate of drug-likeness (QED) is 0.637. The predicted molar refractivity (Wildman–Crippen MR) is 56.9 cm³/mol. The van der Waals surface area contributed by atoms with Crippen LogP contribution in [0.1, 0.15) is 0 Å². The molecule has 2 heterocycles. The number of nitrogens with two attached hydrogens (primary N) is 1. The van der Waals surface area contributed by atoms with Crippen LogP contribution >= 0.6 is 0 Å². The van der Waals surface area contributed by atoms with E-state index in [4.69, 9.17) is 5.73 Å². The molecule has 0 aliphatic carbocycles. The number of nitrogens with one attached hydrogen (secondary N) is 1. The van der Waals surface area contributed by atoms with Gasteiger partial charge in [-0.05, 0) is 0 Å². The van der Waals surface area contributed by atoms with Crippen LogP contribution in [0.15, 0.2) is 0 Å². The van der Waals surface area contributed by atoms with Crippen LogP contribution in [0.4, 0.5) is 5.95 Å². The number of aromatic amines is 1. The van der Waals surface area contributed by atoms with Gasteiger partial charge in [0.15, 0.2) is 0 Å². The number of rotatable bonds is 1. The lowest BCUT2D eigenvalue weighted by Gasteiger charge is -2.15. The van der Waals surface area contributed by atoms with Crippen LogP contribution in [0.5, 0.6) is 0 Å². The topological polar surface area (TPSA) is 93.4 Å². The second-order valence-electron chi connectivity index (χ2n) is 4.19. The van der Waals surface area contributed by atoms with Gasteiger partial charge in [-0.25, -0.2) is 4.98 Å². The molecule has 0 aromatic carbocycles. The lowest BCUT2D eigenvalue weighted by Crippen LogP contribution is -2.41. The monoisotopic (exact) mass is 208 g/mol. The fourth-order valence-electron chi connectivity index (χ4n) is 1.31. The third-order valence-corrected chi connectivity index (χ3v) is 3.71. The predicted octanol–water partition coefficient (Wildman–Crippen LogP) is -0.125. The molecule has 0 atom stereocenters. The van der Waals surface area contributed by atoms with Gasteiger partial charge in [-0.1, -0.05) is 24.9 Å². The van der Waals surface area contributed by atoms with E-state index in [-0.39, 0.29) is 5.95 Å². The summed E-state index contributed by atoms with van der Waals surface area (Å²) in [5.74, 6) is 0.267. The van der Waals surface area contributed by atoms with E-state index in [2.05, 4.69) is 45.0 Å². The molecule has 0 aliphatic rings. The zero-order valence-corrected chi connectivity index (χ0v) is 9.37. The third kappa shape index (κ3) is 1.35. The van der Waals surface area contributed by atoms with Crippen LogP contribution in [0, 0.1) is 0 Å². The van der Waals surface area contributed by atoms with Gasteiger partial charge >= 0.3 is 0 Å². The SMILES string of the molecule is C[Si](C)(C)c1nc(N)nc2nn[nH]c12. The van der Waals surface area contributed by atoms with E-state index in [9.17, 15) is 0 Å². The summed E-state index contributed by atoms with van der Waals surface area (Å²) in [5, 5.41) is 11.3. The van der Waals surface area contributed by atoms with Crippen molar-refractivity contribution in [3.8, 4) is 0 Å². The van der Waals surface area contributed by atoms with Crippen LogP contribution in [-0.4, -0.2) is 33.5 Å². The summed E-state index contributed by atoms with van der Waals surface area (Å²) in [6, 6.07) is 0. The molecule has 7 heteroatoms. The smallest absolute Gasteiger partial charge is 0.222 e. The Morgan fingerprint density at radius 2 is 1.93 bits per heavy atom. The molecular formula is C7H12N6Si. The lowest BCUT2D eigenvalue weighted by atomic mass is 10.5. The molecule has 0 bridgehead atoms. The average molecular weight is 208 g/mol. The van der Waals surface area contributed by atoms with Crippen molar-refractivity contribution in [2.75, 3.05) is 5.73 Å². The Hall–Kier alpha value is -1.50. The molecule has 0 fully saturated rings. The maximum Gasteiger partial charge on any atom is 0.222 e. The van der Waals surface area contributed by atoms with Gasteiger partial charge in [0.25, 0.3) is 0 Å². The summed E-state index contributed by atoms with van der Waals surface area (Å²) >= 11 is 0. The van der Waals surface area contributed by atoms with Gasteiger partial charge in [0.05, 0.1) is 5.32 Å². The van der Waals surface area contributed by atoms with E-state index in [1.54, 1.807) is 0 Å². The summed E-state index contributed by atoms with van der Waals surface area (Å²) in [5.41, 5.74) is 6.97. The van der Waals surface area contributed by atoms with E-state index in [0.29, 0.717) is 5.65 Å².